The molecule has 0 bridgehead atoms. The monoisotopic (exact) mass is 658 g/mol. The third-order valence-corrected chi connectivity index (χ3v) is 7.28. The van der Waals surface area contributed by atoms with Crippen LogP contribution in [0.2, 0.25) is 0 Å². The van der Waals surface area contributed by atoms with Gasteiger partial charge in [-0.1, -0.05) is 6.07 Å². The van der Waals surface area contributed by atoms with Gasteiger partial charge >= 0.3 is 5.97 Å². The Balaban J connectivity index is 0.000000434. The fourth-order valence-electron chi connectivity index (χ4n) is 5.04. The third kappa shape index (κ3) is 8.76. The summed E-state index contributed by atoms with van der Waals surface area (Å²) in [5.41, 5.74) is 3.09. The molecular weight excluding hydrogens is 623 g/mol. The molecule has 15 heteroatoms. The minimum Gasteiger partial charge on any atom is -0.491 e. The third-order valence-electron chi connectivity index (χ3n) is 7.28. The van der Waals surface area contributed by atoms with Crippen LogP contribution in [0.15, 0.2) is 72.2 Å². The second-order valence-electron chi connectivity index (χ2n) is 10.7. The van der Waals surface area contributed by atoms with Crippen molar-refractivity contribution in [3.63, 3.8) is 0 Å². The summed E-state index contributed by atoms with van der Waals surface area (Å²) in [5.74, 6) is -1.34. The number of para-hydroxylation sites is 1. The second kappa shape index (κ2) is 16.2. The van der Waals surface area contributed by atoms with Crippen molar-refractivity contribution < 1.29 is 33.0 Å². The van der Waals surface area contributed by atoms with Gasteiger partial charge in [0.2, 0.25) is 5.82 Å². The predicted octanol–water partition coefficient (Wildman–Crippen LogP) is 5.06. The first-order valence-corrected chi connectivity index (χ1v) is 15.4. The van der Waals surface area contributed by atoms with Gasteiger partial charge < -0.3 is 29.6 Å². The number of nitrogens with zero attached hydrogens (tertiary/aromatic N) is 6. The molecule has 1 aliphatic rings. The zero-order valence-corrected chi connectivity index (χ0v) is 26.4. The van der Waals surface area contributed by atoms with Crippen LogP contribution in [0, 0.1) is 5.82 Å². The predicted molar refractivity (Wildman–Crippen MR) is 174 cm³/mol. The highest BCUT2D eigenvalue weighted by Gasteiger charge is 2.23. The molecule has 2 aromatic carbocycles. The molecule has 3 aromatic heterocycles. The highest BCUT2D eigenvalue weighted by molar-refractivity contribution is 6.07. The summed E-state index contributed by atoms with van der Waals surface area (Å²) in [6.07, 6.45) is 9.82. The number of nitrogens with one attached hydrogen (secondary N) is 2. The largest absolute Gasteiger partial charge is 0.491 e. The number of anilines is 2. The van der Waals surface area contributed by atoms with Gasteiger partial charge in [0.1, 0.15) is 18.2 Å². The van der Waals surface area contributed by atoms with Crippen LogP contribution in [-0.4, -0.2) is 79.1 Å². The summed E-state index contributed by atoms with van der Waals surface area (Å²) in [5, 5.41) is 14.6. The van der Waals surface area contributed by atoms with Crippen LogP contribution >= 0.6 is 0 Å². The number of aromatic nitrogens is 5. The lowest BCUT2D eigenvalue weighted by Gasteiger charge is -2.32. The lowest BCUT2D eigenvalue weighted by Crippen LogP contribution is -2.38. The number of carboxylic acids is 1. The number of benzene rings is 2. The molecule has 4 heterocycles. The van der Waals surface area contributed by atoms with Gasteiger partial charge in [-0.2, -0.15) is 9.37 Å². The number of hydrogen-bond acceptors (Lipinski definition) is 12. The minimum absolute atomic E-state index is 0.109. The molecule has 14 nitrogen and oxygen atoms in total. The number of carboxylic acid groups (broad SMARTS) is 1. The summed E-state index contributed by atoms with van der Waals surface area (Å²) in [6.45, 7) is 6.80. The molecule has 48 heavy (non-hydrogen) atoms. The topological polar surface area (TPSA) is 178 Å². The van der Waals surface area contributed by atoms with Gasteiger partial charge in [0.15, 0.2) is 17.1 Å². The van der Waals surface area contributed by atoms with Crippen LogP contribution < -0.4 is 20.1 Å². The smallest absolute Gasteiger partial charge is 0.338 e. The van der Waals surface area contributed by atoms with Crippen molar-refractivity contribution in [1.29, 1.82) is 0 Å². The van der Waals surface area contributed by atoms with Crippen LogP contribution in [0.3, 0.4) is 0 Å². The zero-order chi connectivity index (χ0) is 33.9. The molecular formula is C33H35FN8O6. The number of hydrogen-bond donors (Lipinski definition) is 3. The Hall–Kier alpha value is -5.70. The second-order valence-corrected chi connectivity index (χ2v) is 10.7. The fraction of sp³-hybridized carbons (Fsp3) is 0.303. The molecule has 0 saturated carbocycles. The molecule has 0 spiro atoms. The van der Waals surface area contributed by atoms with Crippen molar-refractivity contribution in [2.45, 2.75) is 39.3 Å². The van der Waals surface area contributed by atoms with Crippen LogP contribution in [0.4, 0.5) is 16.1 Å². The van der Waals surface area contributed by atoms with Crippen LogP contribution in [0.5, 0.6) is 11.5 Å². The Morgan fingerprint density at radius 1 is 0.958 bits per heavy atom. The van der Waals surface area contributed by atoms with E-state index in [1.807, 2.05) is 19.9 Å². The van der Waals surface area contributed by atoms with Crippen molar-refractivity contribution in [3.05, 3.63) is 90.3 Å². The molecule has 1 fully saturated rings. The number of halogens is 1. The number of oxazole rings is 1. The van der Waals surface area contributed by atoms with Crippen molar-refractivity contribution in [3.8, 4) is 11.5 Å². The highest BCUT2D eigenvalue weighted by Crippen LogP contribution is 2.31. The van der Waals surface area contributed by atoms with E-state index in [9.17, 15) is 14.0 Å². The summed E-state index contributed by atoms with van der Waals surface area (Å²) >= 11 is 0. The van der Waals surface area contributed by atoms with Crippen molar-refractivity contribution in [1.82, 2.24) is 29.8 Å². The summed E-state index contributed by atoms with van der Waals surface area (Å²) < 4.78 is 31.5. The van der Waals surface area contributed by atoms with Gasteiger partial charge in [-0.15, -0.1) is 0 Å². The molecule has 3 N–H and O–H groups in total. The molecule has 5 aromatic rings. The molecule has 0 unspecified atom stereocenters. The van der Waals surface area contributed by atoms with Gasteiger partial charge in [-0.3, -0.25) is 9.69 Å². The quantitative estimate of drug-likeness (QED) is 0.172. The van der Waals surface area contributed by atoms with Gasteiger partial charge in [0, 0.05) is 50.5 Å². The van der Waals surface area contributed by atoms with Crippen LogP contribution in [-0.2, 0) is 6.54 Å². The number of carbonyl (C=O) groups excluding carboxylic acids is 1. The standard InChI is InChI=1S/C28H31FN6O4.C5H4N2O2/c1-3-37-23-12-18(13-24(25(23)29)38-4-2)16-35-10-8-20(9-11-35)32-28-34-26-21(6-5-7-22(26)39-28)33-27(36)19-14-30-17-31-15-19;8-5(9)4-1-6-3-7-2-4/h5-7,12-15,17,20H,3-4,8-11,16H2,1-2H3,(H,32,34)(H,33,36);1-3H,(H,8,9). The summed E-state index contributed by atoms with van der Waals surface area (Å²) in [6, 6.07) is 9.49. The van der Waals surface area contributed by atoms with Crippen molar-refractivity contribution >= 4 is 34.7 Å². The van der Waals surface area contributed by atoms with E-state index in [4.69, 9.17) is 19.0 Å². The van der Waals surface area contributed by atoms with Gasteiger partial charge in [-0.05, 0) is 56.5 Å². The number of aromatic carboxylic acids is 1. The number of fused-ring (bicyclic) bond motifs is 1. The molecule has 1 aliphatic heterocycles. The highest BCUT2D eigenvalue weighted by atomic mass is 19.1. The first-order valence-electron chi connectivity index (χ1n) is 15.4. The number of amides is 1. The van der Waals surface area contributed by atoms with Gasteiger partial charge in [-0.25, -0.2) is 24.7 Å². The summed E-state index contributed by atoms with van der Waals surface area (Å²) in [4.78, 5) is 44.4. The Bertz CT molecular complexity index is 1790. The minimum atomic E-state index is -1.00. The SMILES string of the molecule is CCOc1cc(CN2CCC(Nc3nc4c(NC(=O)c5cncnc5)cccc4o3)CC2)cc(OCC)c1F.O=C(O)c1cncnc1. The van der Waals surface area contributed by atoms with E-state index in [1.165, 1.54) is 37.4 Å². The number of rotatable bonds is 11. The first-order chi connectivity index (χ1) is 23.3. The lowest BCUT2D eigenvalue weighted by atomic mass is 10.0. The molecule has 1 amide bonds. The van der Waals surface area contributed by atoms with E-state index in [0.29, 0.717) is 48.1 Å². The Kier molecular flexibility index (Phi) is 11.4. The maximum absolute atomic E-state index is 14.6. The van der Waals surface area contributed by atoms with E-state index < -0.39 is 11.8 Å². The van der Waals surface area contributed by atoms with Crippen LogP contribution in [0.1, 0.15) is 53.0 Å². The van der Waals surface area contributed by atoms with E-state index in [2.05, 4.69) is 40.5 Å². The normalized spacial score (nSPS) is 13.3. The van der Waals surface area contributed by atoms with E-state index in [1.54, 1.807) is 24.3 Å². The number of likely N-dealkylation sites (tertiary alicyclic amines) is 1. The Labute approximate surface area is 275 Å². The van der Waals surface area contributed by atoms with E-state index in [0.717, 1.165) is 31.5 Å². The number of piperidine rings is 1. The Morgan fingerprint density at radius 2 is 1.56 bits per heavy atom. The van der Waals surface area contributed by atoms with E-state index in [-0.39, 0.29) is 29.0 Å². The zero-order valence-electron chi connectivity index (χ0n) is 26.4. The van der Waals surface area contributed by atoms with Crippen LogP contribution in [0.25, 0.3) is 11.1 Å². The maximum Gasteiger partial charge on any atom is 0.338 e. The summed E-state index contributed by atoms with van der Waals surface area (Å²) in [7, 11) is 0. The molecule has 0 radical (unpaired) electrons. The number of carbonyl (C=O) groups is 2. The fourth-order valence-corrected chi connectivity index (χ4v) is 5.04. The van der Waals surface area contributed by atoms with Gasteiger partial charge in [0.25, 0.3) is 11.9 Å². The lowest BCUT2D eigenvalue weighted by molar-refractivity contribution is 0.0695. The average Bonchev–Trinajstić information content (AvgIpc) is 3.52. The Morgan fingerprint density at radius 3 is 2.12 bits per heavy atom. The number of ether oxygens (including phenoxy) is 2. The molecule has 0 aliphatic carbocycles. The van der Waals surface area contributed by atoms with Crippen molar-refractivity contribution in [2.24, 2.45) is 0 Å². The average molecular weight is 659 g/mol. The van der Waals surface area contributed by atoms with E-state index >= 15 is 0 Å². The molecule has 0 atom stereocenters. The molecule has 1 saturated heterocycles. The van der Waals surface area contributed by atoms with Gasteiger partial charge in [0.05, 0.1) is 30.0 Å². The first kappa shape index (κ1) is 33.7. The molecule has 6 rings (SSSR count). The van der Waals surface area contributed by atoms with Crippen molar-refractivity contribution in [2.75, 3.05) is 36.9 Å². The molecule has 250 valence electrons. The maximum atomic E-state index is 14.6.